The standard InChI is InChI=1S/C19H20BrNO4/c1-5-8-21-12(2)9-15(13(21)3)17(22)11-25-19(23)14-6-7-18(24-4)16(20)10-14/h5-7,9-10H,1,8,11H2,2-4H3. The monoisotopic (exact) mass is 405 g/mol. The van der Waals surface area contributed by atoms with E-state index in [1.807, 2.05) is 18.4 Å². The second-order valence-corrected chi connectivity index (χ2v) is 6.39. The van der Waals surface area contributed by atoms with Gasteiger partial charge in [-0.15, -0.1) is 6.58 Å². The molecule has 0 fully saturated rings. The number of ketones is 1. The van der Waals surface area contributed by atoms with Crippen molar-refractivity contribution in [3.8, 4) is 5.75 Å². The van der Waals surface area contributed by atoms with Crippen molar-refractivity contribution in [2.75, 3.05) is 13.7 Å². The van der Waals surface area contributed by atoms with Crippen LogP contribution in [0.2, 0.25) is 0 Å². The largest absolute Gasteiger partial charge is 0.496 e. The Kier molecular flexibility index (Phi) is 6.20. The summed E-state index contributed by atoms with van der Waals surface area (Å²) in [5, 5.41) is 0. The number of carbonyl (C=O) groups excluding carboxylic acids is 2. The molecule has 0 aliphatic heterocycles. The Morgan fingerprint density at radius 3 is 2.60 bits per heavy atom. The first-order valence-electron chi connectivity index (χ1n) is 7.70. The van der Waals surface area contributed by atoms with E-state index in [4.69, 9.17) is 9.47 Å². The van der Waals surface area contributed by atoms with Gasteiger partial charge >= 0.3 is 5.97 Å². The number of ether oxygens (including phenoxy) is 2. The van der Waals surface area contributed by atoms with Crippen LogP contribution < -0.4 is 4.74 Å². The Hall–Kier alpha value is -2.34. The SMILES string of the molecule is C=CCn1c(C)cc(C(=O)COC(=O)c2ccc(OC)c(Br)c2)c1C. The topological polar surface area (TPSA) is 57.5 Å². The third-order valence-electron chi connectivity index (χ3n) is 3.91. The van der Waals surface area contributed by atoms with E-state index in [1.165, 1.54) is 0 Å². The second kappa shape index (κ2) is 8.16. The van der Waals surface area contributed by atoms with Gasteiger partial charge in [0.05, 0.1) is 17.1 Å². The Bertz CT molecular complexity index is 823. The van der Waals surface area contributed by atoms with Crippen LogP contribution >= 0.6 is 15.9 Å². The van der Waals surface area contributed by atoms with Crippen LogP contribution in [0.25, 0.3) is 0 Å². The van der Waals surface area contributed by atoms with Crippen molar-refractivity contribution in [1.29, 1.82) is 0 Å². The first kappa shape index (κ1) is 19.0. The van der Waals surface area contributed by atoms with E-state index >= 15 is 0 Å². The van der Waals surface area contributed by atoms with Crippen molar-refractivity contribution in [3.05, 3.63) is 63.9 Å². The van der Waals surface area contributed by atoms with E-state index in [2.05, 4.69) is 22.5 Å². The van der Waals surface area contributed by atoms with Crippen molar-refractivity contribution in [1.82, 2.24) is 4.57 Å². The van der Waals surface area contributed by atoms with E-state index in [1.54, 1.807) is 37.5 Å². The minimum absolute atomic E-state index is 0.232. The molecule has 0 N–H and O–H groups in total. The fraction of sp³-hybridized carbons (Fsp3) is 0.263. The number of Topliss-reactive ketones (excluding diaryl/α,β-unsaturated/α-hetero) is 1. The molecule has 1 aromatic carbocycles. The molecular weight excluding hydrogens is 386 g/mol. The number of benzene rings is 1. The van der Waals surface area contributed by atoms with Gasteiger partial charge in [0.15, 0.2) is 6.61 Å². The maximum atomic E-state index is 12.4. The zero-order chi connectivity index (χ0) is 18.6. The Morgan fingerprint density at radius 1 is 1.28 bits per heavy atom. The maximum Gasteiger partial charge on any atom is 0.338 e. The number of rotatable bonds is 7. The molecule has 2 rings (SSSR count). The molecule has 0 radical (unpaired) electrons. The molecule has 0 spiro atoms. The van der Waals surface area contributed by atoms with Gasteiger partial charge in [-0.3, -0.25) is 4.79 Å². The van der Waals surface area contributed by atoms with E-state index in [9.17, 15) is 9.59 Å². The van der Waals surface area contributed by atoms with Crippen LogP contribution in [0.15, 0.2) is 41.4 Å². The predicted molar refractivity (Wildman–Crippen MR) is 99.4 cm³/mol. The predicted octanol–water partition coefficient (Wildman–Crippen LogP) is 4.10. The van der Waals surface area contributed by atoms with E-state index in [0.717, 1.165) is 11.4 Å². The molecule has 25 heavy (non-hydrogen) atoms. The number of aromatic nitrogens is 1. The molecule has 0 saturated carbocycles. The molecule has 5 nitrogen and oxygen atoms in total. The van der Waals surface area contributed by atoms with Gasteiger partial charge in [-0.25, -0.2) is 4.79 Å². The van der Waals surface area contributed by atoms with Gasteiger partial charge in [-0.05, 0) is 54.0 Å². The first-order chi connectivity index (χ1) is 11.9. The number of halogens is 1. The molecule has 0 atom stereocenters. The number of carbonyl (C=O) groups is 2. The van der Waals surface area contributed by atoms with Gasteiger partial charge < -0.3 is 14.0 Å². The molecule has 0 saturated heterocycles. The zero-order valence-electron chi connectivity index (χ0n) is 14.5. The third kappa shape index (κ3) is 4.20. The van der Waals surface area contributed by atoms with Crippen molar-refractivity contribution in [2.45, 2.75) is 20.4 Å². The van der Waals surface area contributed by atoms with E-state index in [-0.39, 0.29) is 12.4 Å². The highest BCUT2D eigenvalue weighted by atomic mass is 79.9. The Labute approximate surface area is 155 Å². The summed E-state index contributed by atoms with van der Waals surface area (Å²) in [5.41, 5.74) is 2.71. The van der Waals surface area contributed by atoms with Gasteiger partial charge in [-0.2, -0.15) is 0 Å². The van der Waals surface area contributed by atoms with Crippen molar-refractivity contribution in [3.63, 3.8) is 0 Å². The lowest BCUT2D eigenvalue weighted by Crippen LogP contribution is -2.15. The van der Waals surface area contributed by atoms with Gasteiger partial charge in [0, 0.05) is 23.5 Å². The summed E-state index contributed by atoms with van der Waals surface area (Å²) in [4.78, 5) is 24.5. The normalized spacial score (nSPS) is 10.4. The summed E-state index contributed by atoms with van der Waals surface area (Å²) < 4.78 is 12.9. The lowest BCUT2D eigenvalue weighted by atomic mass is 10.1. The van der Waals surface area contributed by atoms with Gasteiger partial charge in [0.2, 0.25) is 5.78 Å². The molecule has 0 bridgehead atoms. The molecule has 1 aromatic heterocycles. The average molecular weight is 406 g/mol. The molecule has 0 amide bonds. The first-order valence-corrected chi connectivity index (χ1v) is 8.49. The second-order valence-electron chi connectivity index (χ2n) is 5.53. The molecule has 1 heterocycles. The van der Waals surface area contributed by atoms with Crippen molar-refractivity contribution < 1.29 is 19.1 Å². The van der Waals surface area contributed by atoms with Crippen LogP contribution in [0.1, 0.15) is 32.1 Å². The van der Waals surface area contributed by atoms with Gasteiger partial charge in [0.1, 0.15) is 5.75 Å². The van der Waals surface area contributed by atoms with Crippen LogP contribution in [0, 0.1) is 13.8 Å². The smallest absolute Gasteiger partial charge is 0.338 e. The van der Waals surface area contributed by atoms with E-state index in [0.29, 0.717) is 27.9 Å². The lowest BCUT2D eigenvalue weighted by Gasteiger charge is -2.08. The van der Waals surface area contributed by atoms with Crippen LogP contribution in [-0.4, -0.2) is 30.0 Å². The minimum atomic E-state index is -0.559. The summed E-state index contributed by atoms with van der Waals surface area (Å²) in [7, 11) is 1.54. The van der Waals surface area contributed by atoms with Crippen LogP contribution in [0.5, 0.6) is 5.75 Å². The lowest BCUT2D eigenvalue weighted by molar-refractivity contribution is 0.0474. The molecule has 6 heteroatoms. The molecule has 2 aromatic rings. The molecule has 0 unspecified atom stereocenters. The number of hydrogen-bond donors (Lipinski definition) is 0. The van der Waals surface area contributed by atoms with Crippen molar-refractivity contribution >= 4 is 27.7 Å². The van der Waals surface area contributed by atoms with Crippen molar-refractivity contribution in [2.24, 2.45) is 0 Å². The zero-order valence-corrected chi connectivity index (χ0v) is 16.1. The average Bonchev–Trinajstić information content (AvgIpc) is 2.88. The van der Waals surface area contributed by atoms with Gasteiger partial charge in [-0.1, -0.05) is 6.08 Å². The summed E-state index contributed by atoms with van der Waals surface area (Å²) in [6, 6.07) is 6.65. The highest BCUT2D eigenvalue weighted by molar-refractivity contribution is 9.10. The fourth-order valence-corrected chi connectivity index (χ4v) is 3.12. The quantitative estimate of drug-likeness (QED) is 0.395. The highest BCUT2D eigenvalue weighted by Gasteiger charge is 2.18. The minimum Gasteiger partial charge on any atom is -0.496 e. The van der Waals surface area contributed by atoms with Crippen LogP contribution in [-0.2, 0) is 11.3 Å². The Balaban J connectivity index is 2.07. The molecule has 132 valence electrons. The highest BCUT2D eigenvalue weighted by Crippen LogP contribution is 2.25. The van der Waals surface area contributed by atoms with E-state index < -0.39 is 5.97 Å². The number of hydrogen-bond acceptors (Lipinski definition) is 4. The summed E-state index contributed by atoms with van der Waals surface area (Å²) in [5.74, 6) is -0.178. The summed E-state index contributed by atoms with van der Waals surface area (Å²) >= 11 is 3.32. The molecular formula is C19H20BrNO4. The molecule has 0 aliphatic carbocycles. The van der Waals surface area contributed by atoms with Crippen LogP contribution in [0.3, 0.4) is 0 Å². The number of nitrogens with zero attached hydrogens (tertiary/aromatic N) is 1. The third-order valence-corrected chi connectivity index (χ3v) is 4.53. The molecule has 0 aliphatic rings. The Morgan fingerprint density at radius 2 is 2.00 bits per heavy atom. The summed E-state index contributed by atoms with van der Waals surface area (Å²) in [6.07, 6.45) is 1.77. The number of esters is 1. The van der Waals surface area contributed by atoms with Crippen LogP contribution in [0.4, 0.5) is 0 Å². The maximum absolute atomic E-state index is 12.4. The number of aryl methyl sites for hydroxylation is 1. The fourth-order valence-electron chi connectivity index (χ4n) is 2.58. The van der Waals surface area contributed by atoms with Gasteiger partial charge in [0.25, 0.3) is 0 Å². The summed E-state index contributed by atoms with van der Waals surface area (Å²) in [6.45, 7) is 7.83. The number of methoxy groups -OCH3 is 1. The number of allylic oxidation sites excluding steroid dienone is 1.